The molecule has 1 atom stereocenters. The van der Waals surface area contributed by atoms with E-state index in [9.17, 15) is 9.59 Å². The molecule has 2 heterocycles. The number of nitrogens with zero attached hydrogens (tertiary/aromatic N) is 1. The van der Waals surface area contributed by atoms with Crippen LogP contribution in [0.3, 0.4) is 0 Å². The minimum Gasteiger partial charge on any atom is -0.465 e. The Morgan fingerprint density at radius 3 is 2.65 bits per heavy atom. The lowest BCUT2D eigenvalue weighted by atomic mass is 10.1. The van der Waals surface area contributed by atoms with Gasteiger partial charge in [-0.3, -0.25) is 9.69 Å². The number of ether oxygens (including phenoxy) is 1. The van der Waals surface area contributed by atoms with Crippen LogP contribution in [0.5, 0.6) is 0 Å². The van der Waals surface area contributed by atoms with Crippen molar-refractivity contribution in [2.45, 2.75) is 26.8 Å². The minimum atomic E-state index is -0.421. The van der Waals surface area contributed by atoms with Gasteiger partial charge in [-0.1, -0.05) is 6.07 Å². The fourth-order valence-corrected chi connectivity index (χ4v) is 3.47. The van der Waals surface area contributed by atoms with Crippen molar-refractivity contribution in [3.05, 3.63) is 44.9 Å². The first-order valence-electron chi connectivity index (χ1n) is 7.41. The van der Waals surface area contributed by atoms with Gasteiger partial charge in [-0.15, -0.1) is 11.3 Å². The van der Waals surface area contributed by atoms with Crippen LogP contribution in [0, 0.1) is 13.8 Å². The molecule has 6 heteroatoms. The van der Waals surface area contributed by atoms with Crippen LogP contribution in [0.4, 0.5) is 0 Å². The predicted octanol–water partition coefficient (Wildman–Crippen LogP) is 3.36. The van der Waals surface area contributed by atoms with Gasteiger partial charge >= 0.3 is 5.97 Å². The van der Waals surface area contributed by atoms with E-state index in [1.54, 1.807) is 25.2 Å². The summed E-state index contributed by atoms with van der Waals surface area (Å²) in [6, 6.07) is 4.23. The summed E-state index contributed by atoms with van der Waals surface area (Å²) in [5, 5.41) is 2.03. The lowest BCUT2D eigenvalue weighted by Crippen LogP contribution is -2.29. The number of aryl methyl sites for hydroxylation is 1. The van der Waals surface area contributed by atoms with Crippen molar-refractivity contribution in [2.24, 2.45) is 0 Å². The number of rotatable bonds is 6. The summed E-state index contributed by atoms with van der Waals surface area (Å²) in [4.78, 5) is 30.7. The van der Waals surface area contributed by atoms with Gasteiger partial charge in [0.25, 0.3) is 0 Å². The maximum Gasteiger partial charge on any atom is 0.339 e. The Labute approximate surface area is 140 Å². The summed E-state index contributed by atoms with van der Waals surface area (Å²) in [6.45, 7) is 5.89. The fraction of sp³-hybridized carbons (Fsp3) is 0.412. The largest absolute Gasteiger partial charge is 0.465 e. The molecule has 23 heavy (non-hydrogen) atoms. The molecule has 5 nitrogen and oxygen atoms in total. The number of aromatic amines is 1. The average Bonchev–Trinajstić information content (AvgIpc) is 3.14. The van der Waals surface area contributed by atoms with Crippen LogP contribution < -0.4 is 0 Å². The summed E-state index contributed by atoms with van der Waals surface area (Å²) in [5.41, 5.74) is 2.24. The van der Waals surface area contributed by atoms with Crippen molar-refractivity contribution in [3.8, 4) is 0 Å². The van der Waals surface area contributed by atoms with Crippen molar-refractivity contribution in [3.63, 3.8) is 0 Å². The molecule has 1 unspecified atom stereocenters. The van der Waals surface area contributed by atoms with Crippen molar-refractivity contribution >= 4 is 23.1 Å². The maximum absolute atomic E-state index is 12.6. The molecule has 0 bridgehead atoms. The number of carbonyl (C=O) groups is 2. The van der Waals surface area contributed by atoms with Crippen LogP contribution >= 0.6 is 11.3 Å². The monoisotopic (exact) mass is 334 g/mol. The third-order valence-electron chi connectivity index (χ3n) is 4.11. The van der Waals surface area contributed by atoms with E-state index in [-0.39, 0.29) is 18.4 Å². The van der Waals surface area contributed by atoms with Crippen LogP contribution in [-0.4, -0.2) is 42.3 Å². The summed E-state index contributed by atoms with van der Waals surface area (Å²) < 4.78 is 4.78. The van der Waals surface area contributed by atoms with Gasteiger partial charge < -0.3 is 9.72 Å². The summed E-state index contributed by atoms with van der Waals surface area (Å²) >= 11 is 1.68. The highest BCUT2D eigenvalue weighted by Crippen LogP contribution is 2.24. The van der Waals surface area contributed by atoms with Crippen LogP contribution in [0.1, 0.15) is 49.9 Å². The van der Waals surface area contributed by atoms with Crippen molar-refractivity contribution < 1.29 is 14.3 Å². The zero-order valence-corrected chi connectivity index (χ0v) is 14.9. The molecular weight excluding hydrogens is 312 g/mol. The molecule has 0 aliphatic carbocycles. The SMILES string of the molecule is COC(=O)c1c(C)[nH]c(C(=O)CN(C)C(C)c2cccs2)c1C. The highest BCUT2D eigenvalue weighted by Gasteiger charge is 2.24. The summed E-state index contributed by atoms with van der Waals surface area (Å²) in [5.74, 6) is -0.456. The van der Waals surface area contributed by atoms with Gasteiger partial charge in [0.2, 0.25) is 0 Å². The number of ketones is 1. The van der Waals surface area contributed by atoms with Gasteiger partial charge in [-0.05, 0) is 44.8 Å². The zero-order valence-electron chi connectivity index (χ0n) is 14.1. The molecule has 0 fully saturated rings. The summed E-state index contributed by atoms with van der Waals surface area (Å²) in [6.07, 6.45) is 0. The van der Waals surface area contributed by atoms with Gasteiger partial charge in [0.15, 0.2) is 5.78 Å². The number of hydrogen-bond donors (Lipinski definition) is 1. The van der Waals surface area contributed by atoms with Gasteiger partial charge in [-0.2, -0.15) is 0 Å². The molecule has 1 N–H and O–H groups in total. The second-order valence-corrected chi connectivity index (χ2v) is 6.63. The van der Waals surface area contributed by atoms with E-state index in [1.165, 1.54) is 12.0 Å². The number of aromatic nitrogens is 1. The zero-order chi connectivity index (χ0) is 17.1. The molecule has 0 aliphatic rings. The smallest absolute Gasteiger partial charge is 0.339 e. The van der Waals surface area contributed by atoms with E-state index < -0.39 is 5.97 Å². The second kappa shape index (κ2) is 7.10. The molecule has 0 spiro atoms. The topological polar surface area (TPSA) is 62.4 Å². The lowest BCUT2D eigenvalue weighted by molar-refractivity contribution is 0.0599. The number of Topliss-reactive ketones (excluding diaryl/α,β-unsaturated/α-hetero) is 1. The van der Waals surface area contributed by atoms with E-state index in [4.69, 9.17) is 4.74 Å². The Balaban J connectivity index is 2.17. The van der Waals surface area contributed by atoms with Gasteiger partial charge in [0, 0.05) is 16.6 Å². The van der Waals surface area contributed by atoms with Crippen LogP contribution in [-0.2, 0) is 4.74 Å². The number of nitrogens with one attached hydrogen (secondary N) is 1. The number of likely N-dealkylation sites (N-methyl/N-ethyl adjacent to an activating group) is 1. The number of H-pyrrole nitrogens is 1. The Morgan fingerprint density at radius 2 is 2.09 bits per heavy atom. The third-order valence-corrected chi connectivity index (χ3v) is 5.16. The molecule has 0 saturated carbocycles. The molecule has 0 aliphatic heterocycles. The number of carbonyl (C=O) groups excluding carboxylic acids is 2. The highest BCUT2D eigenvalue weighted by molar-refractivity contribution is 7.10. The maximum atomic E-state index is 12.6. The van der Waals surface area contributed by atoms with Crippen molar-refractivity contribution in [2.75, 3.05) is 20.7 Å². The summed E-state index contributed by atoms with van der Waals surface area (Å²) in [7, 11) is 3.26. The molecule has 124 valence electrons. The van der Waals surface area contributed by atoms with E-state index in [2.05, 4.69) is 18.0 Å². The molecule has 2 aromatic rings. The van der Waals surface area contributed by atoms with E-state index in [0.717, 1.165) is 0 Å². The van der Waals surface area contributed by atoms with Crippen LogP contribution in [0.2, 0.25) is 0 Å². The Bertz CT molecular complexity index is 704. The van der Waals surface area contributed by atoms with E-state index in [1.807, 2.05) is 23.4 Å². The van der Waals surface area contributed by atoms with E-state index in [0.29, 0.717) is 22.5 Å². The second-order valence-electron chi connectivity index (χ2n) is 5.65. The molecule has 0 saturated heterocycles. The number of methoxy groups -OCH3 is 1. The predicted molar refractivity (Wildman–Crippen MR) is 91.3 cm³/mol. The first-order valence-corrected chi connectivity index (χ1v) is 8.29. The Morgan fingerprint density at radius 1 is 1.39 bits per heavy atom. The molecule has 0 radical (unpaired) electrons. The first-order chi connectivity index (χ1) is 10.9. The molecule has 2 rings (SSSR count). The quantitative estimate of drug-likeness (QED) is 0.650. The average molecular weight is 334 g/mol. The van der Waals surface area contributed by atoms with Gasteiger partial charge in [0.05, 0.1) is 24.9 Å². The van der Waals surface area contributed by atoms with Crippen LogP contribution in [0.25, 0.3) is 0 Å². The highest BCUT2D eigenvalue weighted by atomic mass is 32.1. The Hall–Kier alpha value is -1.92. The number of esters is 1. The molecule has 2 aromatic heterocycles. The molecular formula is C17H22N2O3S. The van der Waals surface area contributed by atoms with E-state index >= 15 is 0 Å². The van der Waals surface area contributed by atoms with Crippen LogP contribution in [0.15, 0.2) is 17.5 Å². The van der Waals surface area contributed by atoms with Gasteiger partial charge in [-0.25, -0.2) is 4.79 Å². The van der Waals surface area contributed by atoms with Crippen molar-refractivity contribution in [1.82, 2.24) is 9.88 Å². The first kappa shape index (κ1) is 17.4. The number of hydrogen-bond acceptors (Lipinski definition) is 5. The van der Waals surface area contributed by atoms with Gasteiger partial charge in [0.1, 0.15) is 0 Å². The molecule has 0 amide bonds. The lowest BCUT2D eigenvalue weighted by Gasteiger charge is -2.22. The standard InChI is InChI=1S/C17H22N2O3S/c1-10-15(17(21)22-5)11(2)18-16(10)13(20)9-19(4)12(3)14-7-6-8-23-14/h6-8,12,18H,9H2,1-5H3. The van der Waals surface area contributed by atoms with Crippen molar-refractivity contribution in [1.29, 1.82) is 0 Å². The third kappa shape index (κ3) is 3.54. The minimum absolute atomic E-state index is 0.0355. The normalized spacial score (nSPS) is 12.4. The molecule has 0 aromatic carbocycles. The Kier molecular flexibility index (Phi) is 5.38. The number of thiophene rings is 1. The fourth-order valence-electron chi connectivity index (χ4n) is 2.63.